The summed E-state index contributed by atoms with van der Waals surface area (Å²) in [4.78, 5) is 9.94. The van der Waals surface area contributed by atoms with Gasteiger partial charge in [-0.2, -0.15) is 0 Å². The van der Waals surface area contributed by atoms with Crippen LogP contribution in [0.25, 0.3) is 0 Å². The summed E-state index contributed by atoms with van der Waals surface area (Å²) < 4.78 is 0. The molecule has 0 saturated carbocycles. The van der Waals surface area contributed by atoms with Gasteiger partial charge in [0.25, 0.3) is 0 Å². The second-order valence-corrected chi connectivity index (χ2v) is 11.6. The number of anilines is 2. The minimum atomic E-state index is 0.353. The van der Waals surface area contributed by atoms with Crippen LogP contribution in [0, 0.1) is 0 Å². The van der Waals surface area contributed by atoms with Crippen LogP contribution in [0.1, 0.15) is 35.1 Å². The predicted molar refractivity (Wildman–Crippen MR) is 157 cm³/mol. The summed E-state index contributed by atoms with van der Waals surface area (Å²) in [6.07, 6.45) is 7.03. The van der Waals surface area contributed by atoms with Gasteiger partial charge in [-0.25, -0.2) is 0 Å². The third kappa shape index (κ3) is 6.31. The fraction of sp³-hybridized carbons (Fsp3) is 0.613. The molecule has 0 amide bonds. The normalized spacial score (nSPS) is 24.6. The molecule has 6 rings (SSSR count). The molecular formula is C31H48N6. The zero-order chi connectivity index (χ0) is 25.8. The molecule has 4 aliphatic rings. The monoisotopic (exact) mass is 504 g/mol. The number of rotatable bonds is 3. The summed E-state index contributed by atoms with van der Waals surface area (Å²) in [5.74, 6) is 0. The summed E-state index contributed by atoms with van der Waals surface area (Å²) in [7, 11) is 6.51. The maximum absolute atomic E-state index is 6.14. The van der Waals surface area contributed by atoms with Crippen molar-refractivity contribution >= 4 is 11.4 Å². The second-order valence-electron chi connectivity index (χ2n) is 11.6. The van der Waals surface area contributed by atoms with Crippen molar-refractivity contribution < 1.29 is 0 Å². The molecule has 37 heavy (non-hydrogen) atoms. The number of piperazine rings is 2. The van der Waals surface area contributed by atoms with Crippen LogP contribution < -0.4 is 20.9 Å². The Morgan fingerprint density at radius 2 is 1.16 bits per heavy atom. The van der Waals surface area contributed by atoms with Gasteiger partial charge in [0.2, 0.25) is 0 Å². The van der Waals surface area contributed by atoms with Gasteiger partial charge >= 0.3 is 0 Å². The highest BCUT2D eigenvalue weighted by Gasteiger charge is 2.24. The molecular weight excluding hydrogens is 456 g/mol. The van der Waals surface area contributed by atoms with E-state index < -0.39 is 0 Å². The third-order valence-electron chi connectivity index (χ3n) is 9.06. The van der Waals surface area contributed by atoms with Crippen molar-refractivity contribution in [2.24, 2.45) is 5.73 Å². The van der Waals surface area contributed by atoms with Gasteiger partial charge in [-0.3, -0.25) is 0 Å². The maximum Gasteiger partial charge on any atom is 0.0403 e. The van der Waals surface area contributed by atoms with Crippen molar-refractivity contribution in [3.05, 3.63) is 58.7 Å². The number of nitrogens with one attached hydrogen (secondary N) is 1. The standard InChI is InChI=1S/C16H25N3.C15H23N3/c1-17-14-7-6-13-4-3-5-16(15(13)12-14)19-10-8-18(2)9-11-19;1-17-7-9-18(10-8-17)15-4-2-3-12-5-6-13(16)11-14(12)15/h3-5,14,17H,6-12H2,1-2H3;2-4,13H,5-11,16H2,1H3. The zero-order valence-corrected chi connectivity index (χ0v) is 23.4. The van der Waals surface area contributed by atoms with Crippen molar-refractivity contribution in [3.63, 3.8) is 0 Å². The van der Waals surface area contributed by atoms with Gasteiger partial charge in [-0.15, -0.1) is 0 Å². The van der Waals surface area contributed by atoms with Crippen LogP contribution in [0.4, 0.5) is 11.4 Å². The largest absolute Gasteiger partial charge is 0.369 e. The van der Waals surface area contributed by atoms with Gasteiger partial charge in [0.05, 0.1) is 0 Å². The van der Waals surface area contributed by atoms with Gasteiger partial charge < -0.3 is 30.7 Å². The van der Waals surface area contributed by atoms with Crippen LogP contribution in [0.3, 0.4) is 0 Å². The Morgan fingerprint density at radius 1 is 0.676 bits per heavy atom. The van der Waals surface area contributed by atoms with E-state index in [2.05, 4.69) is 82.5 Å². The summed E-state index contributed by atoms with van der Waals surface area (Å²) >= 11 is 0. The molecule has 3 N–H and O–H groups in total. The lowest BCUT2D eigenvalue weighted by Gasteiger charge is -2.37. The Hall–Kier alpha value is -2.12. The molecule has 2 aliphatic carbocycles. The molecule has 2 saturated heterocycles. The van der Waals surface area contributed by atoms with E-state index in [1.165, 1.54) is 54.9 Å². The molecule has 2 heterocycles. The number of nitrogens with two attached hydrogens (primary N) is 1. The minimum Gasteiger partial charge on any atom is -0.369 e. The molecule has 0 radical (unpaired) electrons. The predicted octanol–water partition coefficient (Wildman–Crippen LogP) is 2.77. The third-order valence-corrected chi connectivity index (χ3v) is 9.06. The molecule has 2 atom stereocenters. The van der Waals surface area contributed by atoms with E-state index in [9.17, 15) is 0 Å². The van der Waals surface area contributed by atoms with E-state index in [-0.39, 0.29) is 0 Å². The van der Waals surface area contributed by atoms with E-state index in [0.717, 1.165) is 58.5 Å². The van der Waals surface area contributed by atoms with Crippen LogP contribution in [0.2, 0.25) is 0 Å². The van der Waals surface area contributed by atoms with Gasteiger partial charge in [-0.05, 0) is 94.1 Å². The van der Waals surface area contributed by atoms with Crippen molar-refractivity contribution in [1.29, 1.82) is 0 Å². The molecule has 2 aliphatic heterocycles. The molecule has 2 aromatic rings. The van der Waals surface area contributed by atoms with Crippen LogP contribution in [0.15, 0.2) is 36.4 Å². The first-order valence-corrected chi connectivity index (χ1v) is 14.5. The zero-order valence-electron chi connectivity index (χ0n) is 23.4. The lowest BCUT2D eigenvalue weighted by Crippen LogP contribution is -2.45. The number of hydrogen-bond acceptors (Lipinski definition) is 6. The first kappa shape index (κ1) is 26.5. The highest BCUT2D eigenvalue weighted by Crippen LogP contribution is 2.32. The summed E-state index contributed by atoms with van der Waals surface area (Å²) in [6.45, 7) is 9.29. The smallest absolute Gasteiger partial charge is 0.0403 e. The minimum absolute atomic E-state index is 0.353. The maximum atomic E-state index is 6.14. The van der Waals surface area contributed by atoms with Crippen LogP contribution in [-0.2, 0) is 25.7 Å². The van der Waals surface area contributed by atoms with E-state index in [0.29, 0.717) is 12.1 Å². The Balaban J connectivity index is 0.000000152. The highest BCUT2D eigenvalue weighted by molar-refractivity contribution is 5.59. The number of hydrogen-bond donors (Lipinski definition) is 2. The van der Waals surface area contributed by atoms with Gasteiger partial charge in [0, 0.05) is 75.8 Å². The highest BCUT2D eigenvalue weighted by atomic mass is 15.3. The summed E-state index contributed by atoms with van der Waals surface area (Å²) in [6, 6.07) is 14.7. The quantitative estimate of drug-likeness (QED) is 0.671. The SMILES string of the molecule is CN1CCN(c2cccc3c2CC(N)CC3)CC1.CNC1CCc2cccc(N3CCN(C)CC3)c2C1. The Bertz CT molecular complexity index is 1020. The Morgan fingerprint density at radius 3 is 1.68 bits per heavy atom. The molecule has 0 aromatic heterocycles. The molecule has 2 fully saturated rings. The average Bonchev–Trinajstić information content (AvgIpc) is 2.93. The number of fused-ring (bicyclic) bond motifs is 2. The van der Waals surface area contributed by atoms with E-state index >= 15 is 0 Å². The van der Waals surface area contributed by atoms with Crippen molar-refractivity contribution in [1.82, 2.24) is 15.1 Å². The van der Waals surface area contributed by atoms with Crippen molar-refractivity contribution in [2.45, 2.75) is 50.6 Å². The second kappa shape index (κ2) is 12.2. The Kier molecular flexibility index (Phi) is 8.71. The summed E-state index contributed by atoms with van der Waals surface area (Å²) in [5, 5.41) is 3.46. The number of likely N-dealkylation sites (N-methyl/N-ethyl adjacent to an activating group) is 3. The number of benzene rings is 2. The van der Waals surface area contributed by atoms with Crippen LogP contribution >= 0.6 is 0 Å². The molecule has 6 nitrogen and oxygen atoms in total. The van der Waals surface area contributed by atoms with Crippen molar-refractivity contribution in [3.8, 4) is 0 Å². The lowest BCUT2D eigenvalue weighted by molar-refractivity contribution is 0.312. The molecule has 0 bridgehead atoms. The van der Waals surface area contributed by atoms with Crippen molar-refractivity contribution in [2.75, 3.05) is 83.3 Å². The number of nitrogens with zero attached hydrogens (tertiary/aromatic N) is 4. The van der Waals surface area contributed by atoms with Crippen LogP contribution in [-0.4, -0.2) is 95.4 Å². The topological polar surface area (TPSA) is 51.0 Å². The lowest BCUT2D eigenvalue weighted by atomic mass is 9.87. The first-order chi connectivity index (χ1) is 18.0. The Labute approximate surface area is 224 Å². The fourth-order valence-corrected chi connectivity index (χ4v) is 6.50. The fourth-order valence-electron chi connectivity index (χ4n) is 6.50. The van der Waals surface area contributed by atoms with Gasteiger partial charge in [-0.1, -0.05) is 24.3 Å². The van der Waals surface area contributed by atoms with Gasteiger partial charge in [0.15, 0.2) is 0 Å². The average molecular weight is 505 g/mol. The van der Waals surface area contributed by atoms with E-state index in [1.807, 2.05) is 0 Å². The molecule has 202 valence electrons. The van der Waals surface area contributed by atoms with Crippen LogP contribution in [0.5, 0.6) is 0 Å². The first-order valence-electron chi connectivity index (χ1n) is 14.5. The molecule has 6 heteroatoms. The summed E-state index contributed by atoms with van der Waals surface area (Å²) in [5.41, 5.74) is 15.3. The molecule has 2 aromatic carbocycles. The molecule has 0 spiro atoms. The van der Waals surface area contributed by atoms with Gasteiger partial charge in [0.1, 0.15) is 0 Å². The van der Waals surface area contributed by atoms with E-state index in [4.69, 9.17) is 5.73 Å². The number of aryl methyl sites for hydroxylation is 2. The molecule has 2 unspecified atom stereocenters. The van der Waals surface area contributed by atoms with E-state index in [1.54, 1.807) is 11.1 Å².